The number of rotatable bonds is 5. The van der Waals surface area contributed by atoms with Crippen LogP contribution >= 0.6 is 11.6 Å². The molecule has 0 aliphatic carbocycles. The number of hydrogen-bond acceptors (Lipinski definition) is 3. The molecule has 1 aliphatic rings. The van der Waals surface area contributed by atoms with Crippen LogP contribution in [0.25, 0.3) is 5.57 Å². The summed E-state index contributed by atoms with van der Waals surface area (Å²) in [4.78, 5) is 7.01. The first-order valence-corrected chi connectivity index (χ1v) is 9.82. The van der Waals surface area contributed by atoms with E-state index in [1.165, 1.54) is 16.8 Å². The molecule has 1 aliphatic heterocycles. The van der Waals surface area contributed by atoms with Crippen LogP contribution in [-0.2, 0) is 0 Å². The first kappa shape index (κ1) is 19.5. The number of aliphatic imine (C=N–C) groups is 1. The van der Waals surface area contributed by atoms with Crippen LogP contribution in [0.3, 0.4) is 0 Å². The highest BCUT2D eigenvalue weighted by Gasteiger charge is 2.30. The molecule has 1 heterocycles. The van der Waals surface area contributed by atoms with Gasteiger partial charge in [-0.2, -0.15) is 0 Å². The highest BCUT2D eigenvalue weighted by Crippen LogP contribution is 2.41. The number of para-hydroxylation sites is 2. The molecule has 142 valence electrons. The standard InChI is InChI=1S/C23H27ClN2O/c1-6-26-21-13-19(24)17(12-18(21)16(3)14-23(26,4)5)15-25-20-10-8-9-11-22(20)27-7-2/h8-15H,6-7H2,1-5H3. The number of halogens is 1. The highest BCUT2D eigenvalue weighted by molar-refractivity contribution is 6.33. The van der Waals surface area contributed by atoms with Crippen molar-refractivity contribution in [1.29, 1.82) is 0 Å². The largest absolute Gasteiger partial charge is 0.492 e. The maximum absolute atomic E-state index is 6.62. The molecule has 0 fully saturated rings. The first-order chi connectivity index (χ1) is 12.9. The van der Waals surface area contributed by atoms with E-state index < -0.39 is 0 Å². The number of nitrogens with zero attached hydrogens (tertiary/aromatic N) is 2. The summed E-state index contributed by atoms with van der Waals surface area (Å²) < 4.78 is 5.65. The van der Waals surface area contributed by atoms with Gasteiger partial charge < -0.3 is 9.64 Å². The number of likely N-dealkylation sites (N-methyl/N-ethyl adjacent to an activating group) is 1. The Morgan fingerprint density at radius 1 is 1.19 bits per heavy atom. The molecule has 0 saturated carbocycles. The van der Waals surface area contributed by atoms with E-state index >= 15 is 0 Å². The third kappa shape index (κ3) is 3.89. The molecule has 3 rings (SSSR count). The maximum Gasteiger partial charge on any atom is 0.144 e. The van der Waals surface area contributed by atoms with Crippen LogP contribution in [0.1, 0.15) is 45.7 Å². The minimum atomic E-state index is -0.0266. The van der Waals surface area contributed by atoms with Crippen molar-refractivity contribution in [2.45, 2.75) is 40.2 Å². The molecule has 2 aromatic rings. The van der Waals surface area contributed by atoms with Gasteiger partial charge in [0.1, 0.15) is 11.4 Å². The fourth-order valence-corrected chi connectivity index (χ4v) is 3.98. The lowest BCUT2D eigenvalue weighted by molar-refractivity contribution is 0.341. The van der Waals surface area contributed by atoms with Gasteiger partial charge in [0, 0.05) is 29.6 Å². The monoisotopic (exact) mass is 382 g/mol. The summed E-state index contributed by atoms with van der Waals surface area (Å²) in [7, 11) is 0. The van der Waals surface area contributed by atoms with Crippen LogP contribution in [0.15, 0.2) is 47.5 Å². The van der Waals surface area contributed by atoms with Crippen molar-refractivity contribution in [3.05, 3.63) is 58.6 Å². The van der Waals surface area contributed by atoms with E-state index in [2.05, 4.69) is 55.8 Å². The van der Waals surface area contributed by atoms with Gasteiger partial charge in [-0.05, 0) is 64.5 Å². The molecular formula is C23H27ClN2O. The minimum absolute atomic E-state index is 0.0266. The van der Waals surface area contributed by atoms with E-state index in [1.807, 2.05) is 37.4 Å². The Labute approximate surface area is 167 Å². The van der Waals surface area contributed by atoms with Crippen LogP contribution in [0.2, 0.25) is 5.02 Å². The first-order valence-electron chi connectivity index (χ1n) is 9.44. The topological polar surface area (TPSA) is 24.8 Å². The van der Waals surface area contributed by atoms with Crippen LogP contribution < -0.4 is 9.64 Å². The van der Waals surface area contributed by atoms with Gasteiger partial charge in [0.15, 0.2) is 0 Å². The summed E-state index contributed by atoms with van der Waals surface area (Å²) in [5, 5.41) is 0.704. The zero-order chi connectivity index (χ0) is 19.6. The average Bonchev–Trinajstić information content (AvgIpc) is 2.61. The molecule has 0 radical (unpaired) electrons. The molecule has 0 unspecified atom stereocenters. The fourth-order valence-electron chi connectivity index (χ4n) is 3.77. The average molecular weight is 383 g/mol. The van der Waals surface area contributed by atoms with E-state index in [0.717, 1.165) is 23.5 Å². The molecule has 0 atom stereocenters. The summed E-state index contributed by atoms with van der Waals surface area (Å²) in [6.45, 7) is 12.3. The Kier molecular flexibility index (Phi) is 5.61. The Morgan fingerprint density at radius 2 is 1.93 bits per heavy atom. The third-order valence-corrected chi connectivity index (χ3v) is 5.25. The lowest BCUT2D eigenvalue weighted by Gasteiger charge is -2.43. The predicted octanol–water partition coefficient (Wildman–Crippen LogP) is 6.51. The van der Waals surface area contributed by atoms with Crippen molar-refractivity contribution in [3.8, 4) is 5.75 Å². The fraction of sp³-hybridized carbons (Fsp3) is 0.348. The Morgan fingerprint density at radius 3 is 2.63 bits per heavy atom. The zero-order valence-corrected chi connectivity index (χ0v) is 17.5. The molecule has 0 N–H and O–H groups in total. The van der Waals surface area contributed by atoms with Gasteiger partial charge in [-0.15, -0.1) is 0 Å². The predicted molar refractivity (Wildman–Crippen MR) is 117 cm³/mol. The van der Waals surface area contributed by atoms with Gasteiger partial charge in [-0.25, -0.2) is 0 Å². The number of fused-ring (bicyclic) bond motifs is 1. The molecule has 0 saturated heterocycles. The van der Waals surface area contributed by atoms with Gasteiger partial charge in [0.05, 0.1) is 17.2 Å². The van der Waals surface area contributed by atoms with Gasteiger partial charge >= 0.3 is 0 Å². The molecule has 0 amide bonds. The summed E-state index contributed by atoms with van der Waals surface area (Å²) in [5.41, 5.74) is 5.34. The van der Waals surface area contributed by atoms with Crippen molar-refractivity contribution < 1.29 is 4.74 Å². The Bertz CT molecular complexity index is 899. The second kappa shape index (κ2) is 7.77. The number of hydrogen-bond donors (Lipinski definition) is 0. The second-order valence-electron chi connectivity index (χ2n) is 7.28. The molecule has 4 heteroatoms. The van der Waals surface area contributed by atoms with E-state index in [0.29, 0.717) is 11.6 Å². The van der Waals surface area contributed by atoms with E-state index in [1.54, 1.807) is 0 Å². The van der Waals surface area contributed by atoms with E-state index in [-0.39, 0.29) is 5.54 Å². The quantitative estimate of drug-likeness (QED) is 0.550. The molecule has 3 nitrogen and oxygen atoms in total. The molecule has 0 spiro atoms. The normalized spacial score (nSPS) is 15.6. The SMILES string of the molecule is CCOc1ccccc1N=Cc1cc2c(cc1Cl)N(CC)C(C)(C)C=C2C. The summed E-state index contributed by atoms with van der Waals surface area (Å²) >= 11 is 6.62. The number of benzene rings is 2. The lowest BCUT2D eigenvalue weighted by Crippen LogP contribution is -2.44. The smallest absolute Gasteiger partial charge is 0.144 e. The van der Waals surface area contributed by atoms with E-state index in [9.17, 15) is 0 Å². The van der Waals surface area contributed by atoms with E-state index in [4.69, 9.17) is 16.3 Å². The summed E-state index contributed by atoms with van der Waals surface area (Å²) in [5.74, 6) is 0.778. The number of allylic oxidation sites excluding steroid dienone is 1. The zero-order valence-electron chi connectivity index (χ0n) is 16.7. The second-order valence-corrected chi connectivity index (χ2v) is 7.68. The van der Waals surface area contributed by atoms with Crippen molar-refractivity contribution in [1.82, 2.24) is 0 Å². The minimum Gasteiger partial charge on any atom is -0.492 e. The van der Waals surface area contributed by atoms with Crippen molar-refractivity contribution >= 4 is 34.8 Å². The van der Waals surface area contributed by atoms with Crippen LogP contribution in [0.5, 0.6) is 5.75 Å². The Hall–Kier alpha value is -2.26. The molecular weight excluding hydrogens is 356 g/mol. The van der Waals surface area contributed by atoms with Crippen molar-refractivity contribution in [3.63, 3.8) is 0 Å². The lowest BCUT2D eigenvalue weighted by atomic mass is 9.88. The summed E-state index contributed by atoms with van der Waals surface area (Å²) in [6.07, 6.45) is 4.14. The molecule has 2 aromatic carbocycles. The molecule has 27 heavy (non-hydrogen) atoms. The van der Waals surface area contributed by atoms with Crippen LogP contribution in [0.4, 0.5) is 11.4 Å². The van der Waals surface area contributed by atoms with Crippen LogP contribution in [0, 0.1) is 0 Å². The van der Waals surface area contributed by atoms with Crippen molar-refractivity contribution in [2.24, 2.45) is 4.99 Å². The number of ether oxygens (including phenoxy) is 1. The summed E-state index contributed by atoms with van der Waals surface area (Å²) in [6, 6.07) is 12.0. The van der Waals surface area contributed by atoms with Gasteiger partial charge in [-0.1, -0.05) is 29.8 Å². The van der Waals surface area contributed by atoms with Crippen molar-refractivity contribution in [2.75, 3.05) is 18.1 Å². The van der Waals surface area contributed by atoms with Gasteiger partial charge in [-0.3, -0.25) is 4.99 Å². The highest BCUT2D eigenvalue weighted by atomic mass is 35.5. The van der Waals surface area contributed by atoms with Crippen LogP contribution in [-0.4, -0.2) is 24.9 Å². The molecule has 0 bridgehead atoms. The van der Waals surface area contributed by atoms with Gasteiger partial charge in [0.2, 0.25) is 0 Å². The van der Waals surface area contributed by atoms with Gasteiger partial charge in [0.25, 0.3) is 0 Å². The maximum atomic E-state index is 6.62. The third-order valence-electron chi connectivity index (χ3n) is 4.92. The molecule has 0 aromatic heterocycles. The number of anilines is 1. The Balaban J connectivity index is 2.02.